The van der Waals surface area contributed by atoms with Gasteiger partial charge < -0.3 is 14.8 Å². The van der Waals surface area contributed by atoms with Crippen LogP contribution in [0.25, 0.3) is 0 Å². The maximum Gasteiger partial charge on any atom is 0.273 e. The number of hydrogen-bond acceptors (Lipinski definition) is 5. The lowest BCUT2D eigenvalue weighted by Crippen LogP contribution is -2.49. The van der Waals surface area contributed by atoms with Crippen molar-refractivity contribution in [1.82, 2.24) is 19.8 Å². The summed E-state index contributed by atoms with van der Waals surface area (Å²) >= 11 is 0. The molecule has 0 spiro atoms. The summed E-state index contributed by atoms with van der Waals surface area (Å²) in [5.41, 5.74) is 0.416. The molecule has 0 aliphatic carbocycles. The highest BCUT2D eigenvalue weighted by Crippen LogP contribution is 2.24. The van der Waals surface area contributed by atoms with Gasteiger partial charge in [-0.25, -0.2) is 4.98 Å². The van der Waals surface area contributed by atoms with E-state index in [0.29, 0.717) is 25.2 Å². The fourth-order valence-electron chi connectivity index (χ4n) is 3.03. The summed E-state index contributed by atoms with van der Waals surface area (Å²) < 4.78 is 1.89. The van der Waals surface area contributed by atoms with Gasteiger partial charge in [0.1, 0.15) is 11.9 Å². The Morgan fingerprint density at radius 3 is 2.96 bits per heavy atom. The highest BCUT2D eigenvalue weighted by Gasteiger charge is 2.31. The molecular formula is C16H19N5O3. The molecule has 1 N–H and O–H groups in total. The van der Waals surface area contributed by atoms with E-state index in [2.05, 4.69) is 10.3 Å². The highest BCUT2D eigenvalue weighted by molar-refractivity contribution is 5.80. The van der Waals surface area contributed by atoms with E-state index in [9.17, 15) is 14.9 Å². The Hall–Kier alpha value is -2.74. The van der Waals surface area contributed by atoms with Crippen molar-refractivity contribution in [2.45, 2.75) is 12.5 Å². The zero-order valence-corrected chi connectivity index (χ0v) is 13.4. The van der Waals surface area contributed by atoms with E-state index in [1.807, 2.05) is 17.8 Å². The summed E-state index contributed by atoms with van der Waals surface area (Å²) in [5.74, 6) is 0.678. The molecule has 2 aromatic rings. The predicted octanol–water partition coefficient (Wildman–Crippen LogP) is 1.04. The summed E-state index contributed by atoms with van der Waals surface area (Å²) in [6, 6.07) is 6.20. The van der Waals surface area contributed by atoms with Gasteiger partial charge >= 0.3 is 0 Å². The second-order valence-electron chi connectivity index (χ2n) is 5.77. The quantitative estimate of drug-likeness (QED) is 0.668. The van der Waals surface area contributed by atoms with Gasteiger partial charge in [-0.1, -0.05) is 18.2 Å². The highest BCUT2D eigenvalue weighted by atomic mass is 16.6. The van der Waals surface area contributed by atoms with E-state index in [4.69, 9.17) is 0 Å². The minimum atomic E-state index is -0.448. The van der Waals surface area contributed by atoms with Gasteiger partial charge in [0.15, 0.2) is 0 Å². The lowest BCUT2D eigenvalue weighted by atomic mass is 10.1. The number of rotatable bonds is 4. The van der Waals surface area contributed by atoms with Crippen LogP contribution in [0.4, 0.5) is 5.69 Å². The van der Waals surface area contributed by atoms with Gasteiger partial charge in [0.05, 0.1) is 11.3 Å². The molecule has 3 rings (SSSR count). The number of aromatic nitrogens is 2. The maximum atomic E-state index is 12.8. The largest absolute Gasteiger partial charge is 0.336 e. The molecule has 1 saturated heterocycles. The van der Waals surface area contributed by atoms with Gasteiger partial charge in [-0.3, -0.25) is 14.9 Å². The Morgan fingerprint density at radius 2 is 2.25 bits per heavy atom. The molecule has 0 saturated carbocycles. The lowest BCUT2D eigenvalue weighted by Gasteiger charge is -2.35. The van der Waals surface area contributed by atoms with E-state index < -0.39 is 4.92 Å². The summed E-state index contributed by atoms with van der Waals surface area (Å²) in [6.07, 6.45) is 3.56. The minimum Gasteiger partial charge on any atom is -0.336 e. The average Bonchev–Trinajstić information content (AvgIpc) is 3.01. The lowest BCUT2D eigenvalue weighted by molar-refractivity contribution is -0.385. The molecule has 1 amide bonds. The molecule has 1 fully saturated rings. The van der Waals surface area contributed by atoms with Crippen LogP contribution in [-0.4, -0.2) is 44.9 Å². The number of carbonyl (C=O) groups excluding carboxylic acids is 1. The van der Waals surface area contributed by atoms with Crippen LogP contribution in [0.5, 0.6) is 0 Å². The number of amides is 1. The third-order valence-electron chi connectivity index (χ3n) is 4.25. The van der Waals surface area contributed by atoms with E-state index in [0.717, 1.165) is 5.82 Å². The summed E-state index contributed by atoms with van der Waals surface area (Å²) in [6.45, 7) is 1.87. The monoisotopic (exact) mass is 329 g/mol. The number of nitro benzene ring substituents is 1. The molecule has 1 atom stereocenters. The molecule has 1 aliphatic heterocycles. The van der Waals surface area contributed by atoms with E-state index in [-0.39, 0.29) is 24.1 Å². The fourth-order valence-corrected chi connectivity index (χ4v) is 3.03. The van der Waals surface area contributed by atoms with Crippen molar-refractivity contribution in [1.29, 1.82) is 0 Å². The Morgan fingerprint density at radius 1 is 1.46 bits per heavy atom. The number of nitrogens with one attached hydrogen (secondary N) is 1. The van der Waals surface area contributed by atoms with Crippen LogP contribution in [-0.2, 0) is 18.3 Å². The summed E-state index contributed by atoms with van der Waals surface area (Å²) in [5, 5.41) is 14.4. The minimum absolute atomic E-state index is 0.0120. The number of carbonyl (C=O) groups is 1. The Bertz CT molecular complexity index is 758. The smallest absolute Gasteiger partial charge is 0.273 e. The van der Waals surface area contributed by atoms with Crippen molar-refractivity contribution in [3.63, 3.8) is 0 Å². The van der Waals surface area contributed by atoms with Crippen molar-refractivity contribution in [3.8, 4) is 0 Å². The van der Waals surface area contributed by atoms with Gasteiger partial charge in [-0.05, 0) is 0 Å². The molecular weight excluding hydrogens is 310 g/mol. The van der Waals surface area contributed by atoms with Crippen LogP contribution >= 0.6 is 0 Å². The van der Waals surface area contributed by atoms with Crippen molar-refractivity contribution in [3.05, 3.63) is 58.2 Å². The van der Waals surface area contributed by atoms with Gasteiger partial charge in [0.25, 0.3) is 5.69 Å². The Labute approximate surface area is 139 Å². The summed E-state index contributed by atoms with van der Waals surface area (Å²) in [4.78, 5) is 29.6. The molecule has 8 heteroatoms. The molecule has 126 valence electrons. The Kier molecular flexibility index (Phi) is 4.57. The average molecular weight is 329 g/mol. The fraction of sp³-hybridized carbons (Fsp3) is 0.375. The van der Waals surface area contributed by atoms with Crippen LogP contribution in [0, 0.1) is 10.1 Å². The first-order chi connectivity index (χ1) is 11.6. The maximum absolute atomic E-state index is 12.8. The molecule has 0 bridgehead atoms. The second kappa shape index (κ2) is 6.79. The predicted molar refractivity (Wildman–Crippen MR) is 87.3 cm³/mol. The van der Waals surface area contributed by atoms with Crippen molar-refractivity contribution >= 4 is 11.6 Å². The number of nitro groups is 1. The van der Waals surface area contributed by atoms with Crippen molar-refractivity contribution < 1.29 is 9.72 Å². The third kappa shape index (κ3) is 3.13. The molecule has 2 heterocycles. The summed E-state index contributed by atoms with van der Waals surface area (Å²) in [7, 11) is 1.89. The van der Waals surface area contributed by atoms with Crippen LogP contribution in [0.3, 0.4) is 0 Å². The number of para-hydroxylation sites is 1. The third-order valence-corrected chi connectivity index (χ3v) is 4.25. The zero-order chi connectivity index (χ0) is 17.1. The Balaban J connectivity index is 1.83. The van der Waals surface area contributed by atoms with Crippen LogP contribution in [0.15, 0.2) is 36.7 Å². The van der Waals surface area contributed by atoms with Gasteiger partial charge in [-0.15, -0.1) is 0 Å². The van der Waals surface area contributed by atoms with Crippen LogP contribution in [0.1, 0.15) is 17.4 Å². The molecule has 1 aromatic carbocycles. The van der Waals surface area contributed by atoms with E-state index >= 15 is 0 Å². The van der Waals surface area contributed by atoms with Crippen molar-refractivity contribution in [2.75, 3.05) is 19.6 Å². The number of hydrogen-bond donors (Lipinski definition) is 1. The zero-order valence-electron chi connectivity index (χ0n) is 13.4. The van der Waals surface area contributed by atoms with E-state index in [1.165, 1.54) is 6.07 Å². The second-order valence-corrected chi connectivity index (χ2v) is 5.77. The number of benzene rings is 1. The SMILES string of the molecule is Cn1ccnc1C1CNCCN1C(=O)Cc1ccccc1[N+](=O)[O-]. The molecule has 1 aliphatic rings. The van der Waals surface area contributed by atoms with Crippen molar-refractivity contribution in [2.24, 2.45) is 7.05 Å². The number of aryl methyl sites for hydroxylation is 1. The van der Waals surface area contributed by atoms with Crippen LogP contribution in [0.2, 0.25) is 0 Å². The number of piperazine rings is 1. The normalized spacial score (nSPS) is 17.7. The first-order valence-electron chi connectivity index (χ1n) is 7.77. The standard InChI is InChI=1S/C16H19N5O3/c1-19-8-7-18-16(19)14-11-17-6-9-20(14)15(22)10-12-4-2-3-5-13(12)21(23)24/h2-5,7-8,14,17H,6,9-11H2,1H3. The first-order valence-corrected chi connectivity index (χ1v) is 7.77. The number of nitrogens with zero attached hydrogens (tertiary/aromatic N) is 4. The molecule has 0 radical (unpaired) electrons. The molecule has 8 nitrogen and oxygen atoms in total. The first kappa shape index (κ1) is 16.1. The molecule has 24 heavy (non-hydrogen) atoms. The topological polar surface area (TPSA) is 93.3 Å². The van der Waals surface area contributed by atoms with Crippen LogP contribution < -0.4 is 5.32 Å². The number of imidazole rings is 1. The molecule has 1 unspecified atom stereocenters. The van der Waals surface area contributed by atoms with Gasteiger partial charge in [-0.2, -0.15) is 0 Å². The van der Waals surface area contributed by atoms with Gasteiger partial charge in [0.2, 0.25) is 5.91 Å². The van der Waals surface area contributed by atoms with Gasteiger partial charge in [0, 0.05) is 50.7 Å². The molecule has 1 aromatic heterocycles. The van der Waals surface area contributed by atoms with E-state index in [1.54, 1.807) is 29.3 Å².